The number of rotatable bonds is 6. The first-order valence-corrected chi connectivity index (χ1v) is 6.68. The van der Waals surface area contributed by atoms with E-state index in [2.05, 4.69) is 0 Å². The van der Waals surface area contributed by atoms with Crippen molar-refractivity contribution in [2.75, 3.05) is 6.61 Å². The first-order valence-electron chi connectivity index (χ1n) is 6.68. The van der Waals surface area contributed by atoms with Crippen molar-refractivity contribution >= 4 is 11.6 Å². The van der Waals surface area contributed by atoms with Crippen LogP contribution in [0, 0.1) is 10.1 Å². The maximum absolute atomic E-state index is 12.2. The third-order valence-corrected chi connectivity index (χ3v) is 3.20. The van der Waals surface area contributed by atoms with Crippen LogP contribution in [0.4, 0.5) is 5.69 Å². The van der Waals surface area contributed by atoms with Gasteiger partial charge in [-0.3, -0.25) is 14.9 Å². The summed E-state index contributed by atoms with van der Waals surface area (Å²) in [5.41, 5.74) is -0.122. The van der Waals surface area contributed by atoms with Crippen molar-refractivity contribution in [1.29, 1.82) is 0 Å². The Morgan fingerprint density at radius 1 is 1.45 bits per heavy atom. The second kappa shape index (κ2) is 5.90. The number of hydrogen-bond acceptors (Lipinski definition) is 4. The molecule has 1 amide bonds. The third kappa shape index (κ3) is 3.26. The van der Waals surface area contributed by atoms with Crippen LogP contribution in [0.15, 0.2) is 24.3 Å². The molecule has 1 aromatic carbocycles. The Hall–Kier alpha value is -2.11. The van der Waals surface area contributed by atoms with Crippen LogP contribution in [0.1, 0.15) is 26.7 Å². The quantitative estimate of drug-likeness (QED) is 0.591. The van der Waals surface area contributed by atoms with Crippen molar-refractivity contribution in [3.05, 3.63) is 34.4 Å². The van der Waals surface area contributed by atoms with Gasteiger partial charge in [-0.15, -0.1) is 0 Å². The van der Waals surface area contributed by atoms with E-state index >= 15 is 0 Å². The van der Waals surface area contributed by atoms with Crippen LogP contribution in [0.2, 0.25) is 0 Å². The number of carbonyl (C=O) groups excluding carboxylic acids is 1. The van der Waals surface area contributed by atoms with E-state index in [0.717, 1.165) is 12.8 Å². The van der Waals surface area contributed by atoms with E-state index in [1.54, 1.807) is 17.0 Å². The van der Waals surface area contributed by atoms with Crippen LogP contribution in [0.3, 0.4) is 0 Å². The monoisotopic (exact) mass is 278 g/mol. The van der Waals surface area contributed by atoms with Crippen molar-refractivity contribution in [3.8, 4) is 5.75 Å². The van der Waals surface area contributed by atoms with Gasteiger partial charge in [-0.25, -0.2) is 0 Å². The van der Waals surface area contributed by atoms with Gasteiger partial charge < -0.3 is 9.64 Å². The highest BCUT2D eigenvalue weighted by molar-refractivity contribution is 5.79. The molecule has 1 fully saturated rings. The number of nitro groups is 1. The number of para-hydroxylation sites is 2. The maximum atomic E-state index is 12.2. The van der Waals surface area contributed by atoms with Gasteiger partial charge in [0.25, 0.3) is 5.91 Å². The molecule has 0 saturated heterocycles. The van der Waals surface area contributed by atoms with E-state index < -0.39 is 4.92 Å². The normalized spacial score (nSPS) is 14.2. The predicted octanol–water partition coefficient (Wildman–Crippen LogP) is 2.37. The number of carbonyl (C=O) groups is 1. The summed E-state index contributed by atoms with van der Waals surface area (Å²) in [6, 6.07) is 6.50. The number of amides is 1. The lowest BCUT2D eigenvalue weighted by molar-refractivity contribution is -0.385. The summed E-state index contributed by atoms with van der Waals surface area (Å²) < 4.78 is 5.34. The van der Waals surface area contributed by atoms with E-state index in [1.165, 1.54) is 12.1 Å². The third-order valence-electron chi connectivity index (χ3n) is 3.20. The Kier molecular flexibility index (Phi) is 4.22. The summed E-state index contributed by atoms with van der Waals surface area (Å²) in [6.45, 7) is 3.75. The van der Waals surface area contributed by atoms with E-state index in [4.69, 9.17) is 4.74 Å². The number of ether oxygens (including phenoxy) is 1. The lowest BCUT2D eigenvalue weighted by Crippen LogP contribution is -2.41. The van der Waals surface area contributed by atoms with Crippen LogP contribution >= 0.6 is 0 Å². The Bertz CT molecular complexity index is 510. The fourth-order valence-corrected chi connectivity index (χ4v) is 2.21. The van der Waals surface area contributed by atoms with Gasteiger partial charge in [-0.05, 0) is 32.8 Å². The van der Waals surface area contributed by atoms with Crippen LogP contribution in [0.5, 0.6) is 5.75 Å². The lowest BCUT2D eigenvalue weighted by Gasteiger charge is -2.26. The average Bonchev–Trinajstić information content (AvgIpc) is 3.21. The van der Waals surface area contributed by atoms with E-state index in [0.29, 0.717) is 6.04 Å². The van der Waals surface area contributed by atoms with Gasteiger partial charge in [0.05, 0.1) is 4.92 Å². The topological polar surface area (TPSA) is 72.7 Å². The second-order valence-electron chi connectivity index (χ2n) is 5.14. The van der Waals surface area contributed by atoms with Crippen LogP contribution in [0.25, 0.3) is 0 Å². The van der Waals surface area contributed by atoms with E-state index in [1.807, 2.05) is 13.8 Å². The smallest absolute Gasteiger partial charge is 0.310 e. The Morgan fingerprint density at radius 2 is 2.10 bits per heavy atom. The van der Waals surface area contributed by atoms with E-state index in [-0.39, 0.29) is 30.0 Å². The Morgan fingerprint density at radius 3 is 2.65 bits per heavy atom. The second-order valence-corrected chi connectivity index (χ2v) is 5.14. The summed E-state index contributed by atoms with van der Waals surface area (Å²) in [5.74, 6) is 0.00556. The highest BCUT2D eigenvalue weighted by Gasteiger charge is 2.34. The molecule has 1 aliphatic rings. The largest absolute Gasteiger partial charge is 0.477 e. The van der Waals surface area contributed by atoms with Gasteiger partial charge in [0, 0.05) is 18.2 Å². The molecule has 108 valence electrons. The highest BCUT2D eigenvalue weighted by Crippen LogP contribution is 2.29. The molecular formula is C14H18N2O4. The van der Waals surface area contributed by atoms with Crippen molar-refractivity contribution in [3.63, 3.8) is 0 Å². The molecule has 0 bridgehead atoms. The Balaban J connectivity index is 2.01. The molecule has 0 heterocycles. The molecule has 0 N–H and O–H groups in total. The first kappa shape index (κ1) is 14.3. The minimum absolute atomic E-state index is 0.115. The molecule has 6 nitrogen and oxygen atoms in total. The summed E-state index contributed by atoms with van der Waals surface area (Å²) in [6.07, 6.45) is 2.05. The molecule has 0 atom stereocenters. The summed E-state index contributed by atoms with van der Waals surface area (Å²) >= 11 is 0. The molecule has 1 aliphatic carbocycles. The fourth-order valence-electron chi connectivity index (χ4n) is 2.21. The van der Waals surface area contributed by atoms with Gasteiger partial charge >= 0.3 is 5.69 Å². The standard InChI is InChI=1S/C14H18N2O4/c1-10(2)15(11-7-8-11)14(17)9-20-13-6-4-3-5-12(13)16(18)19/h3-6,10-11H,7-9H2,1-2H3. The van der Waals surface area contributed by atoms with Gasteiger partial charge in [0.15, 0.2) is 12.4 Å². The molecule has 6 heteroatoms. The zero-order valence-electron chi connectivity index (χ0n) is 11.6. The number of nitrogens with zero attached hydrogens (tertiary/aromatic N) is 2. The van der Waals surface area contributed by atoms with Crippen LogP contribution in [-0.4, -0.2) is 34.4 Å². The van der Waals surface area contributed by atoms with Crippen LogP contribution < -0.4 is 4.74 Å². The highest BCUT2D eigenvalue weighted by atomic mass is 16.6. The number of nitro benzene ring substituents is 1. The fraction of sp³-hybridized carbons (Fsp3) is 0.500. The molecular weight excluding hydrogens is 260 g/mol. The number of hydrogen-bond donors (Lipinski definition) is 0. The van der Waals surface area contributed by atoms with Crippen molar-refractivity contribution < 1.29 is 14.5 Å². The lowest BCUT2D eigenvalue weighted by atomic mass is 10.3. The summed E-state index contributed by atoms with van der Waals surface area (Å²) in [7, 11) is 0. The minimum atomic E-state index is -0.513. The van der Waals surface area contributed by atoms with Gasteiger partial charge in [-0.2, -0.15) is 0 Å². The molecule has 20 heavy (non-hydrogen) atoms. The predicted molar refractivity (Wildman–Crippen MR) is 73.6 cm³/mol. The Labute approximate surface area is 117 Å². The molecule has 1 saturated carbocycles. The summed E-state index contributed by atoms with van der Waals surface area (Å²) in [5, 5.41) is 10.9. The average molecular weight is 278 g/mol. The number of benzene rings is 1. The zero-order chi connectivity index (χ0) is 14.7. The maximum Gasteiger partial charge on any atom is 0.310 e. The molecule has 0 aliphatic heterocycles. The molecule has 2 rings (SSSR count). The molecule has 0 spiro atoms. The van der Waals surface area contributed by atoms with Gasteiger partial charge in [0.2, 0.25) is 0 Å². The molecule has 0 radical (unpaired) electrons. The van der Waals surface area contributed by atoms with Gasteiger partial charge in [0.1, 0.15) is 0 Å². The minimum Gasteiger partial charge on any atom is -0.477 e. The van der Waals surface area contributed by atoms with Gasteiger partial charge in [-0.1, -0.05) is 12.1 Å². The van der Waals surface area contributed by atoms with Crippen molar-refractivity contribution in [2.24, 2.45) is 0 Å². The van der Waals surface area contributed by atoms with Crippen molar-refractivity contribution in [2.45, 2.75) is 38.8 Å². The van der Waals surface area contributed by atoms with E-state index in [9.17, 15) is 14.9 Å². The SMILES string of the molecule is CC(C)N(C(=O)COc1ccccc1[N+](=O)[O-])C1CC1. The molecule has 0 aromatic heterocycles. The first-order chi connectivity index (χ1) is 9.50. The van der Waals surface area contributed by atoms with Crippen LogP contribution in [-0.2, 0) is 4.79 Å². The molecule has 1 aromatic rings. The summed E-state index contributed by atoms with van der Waals surface area (Å²) in [4.78, 5) is 24.3. The van der Waals surface area contributed by atoms with Crippen molar-refractivity contribution in [1.82, 2.24) is 4.90 Å². The zero-order valence-corrected chi connectivity index (χ0v) is 11.6. The molecule has 0 unspecified atom stereocenters.